The summed E-state index contributed by atoms with van der Waals surface area (Å²) in [5.74, 6) is 0.400. The van der Waals surface area contributed by atoms with Gasteiger partial charge in [0.1, 0.15) is 0 Å². The van der Waals surface area contributed by atoms with Crippen molar-refractivity contribution in [1.29, 1.82) is 0 Å². The van der Waals surface area contributed by atoms with Crippen molar-refractivity contribution >= 4 is 17.5 Å². The fourth-order valence-electron chi connectivity index (χ4n) is 4.19. The second-order valence-electron chi connectivity index (χ2n) is 5.99. The molecule has 5 rings (SSSR count). The van der Waals surface area contributed by atoms with E-state index < -0.39 is 6.29 Å². The van der Waals surface area contributed by atoms with Crippen LogP contribution in [0.3, 0.4) is 0 Å². The maximum atomic E-state index is 12.4. The highest BCUT2D eigenvalue weighted by Gasteiger charge is 2.57. The van der Waals surface area contributed by atoms with Gasteiger partial charge in [-0.15, -0.1) is 0 Å². The lowest BCUT2D eigenvalue weighted by Gasteiger charge is -2.34. The molecule has 2 bridgehead atoms. The third-order valence-electron chi connectivity index (χ3n) is 5.07. The maximum absolute atomic E-state index is 12.4. The van der Waals surface area contributed by atoms with E-state index in [2.05, 4.69) is 41.3 Å². The molecule has 4 nitrogen and oxygen atoms in total. The molecule has 0 radical (unpaired) electrons. The second kappa shape index (κ2) is 3.71. The summed E-state index contributed by atoms with van der Waals surface area (Å²) in [6, 6.07) is 8.63. The predicted octanol–water partition coefficient (Wildman–Crippen LogP) is 1.46. The molecular formula is C16H15NO3. The van der Waals surface area contributed by atoms with Crippen molar-refractivity contribution in [2.45, 2.75) is 18.4 Å². The van der Waals surface area contributed by atoms with Crippen molar-refractivity contribution in [3.05, 3.63) is 35.9 Å². The van der Waals surface area contributed by atoms with Crippen LogP contribution in [0.2, 0.25) is 0 Å². The van der Waals surface area contributed by atoms with E-state index >= 15 is 0 Å². The molecular weight excluding hydrogens is 254 g/mol. The molecule has 0 spiro atoms. The van der Waals surface area contributed by atoms with Crippen molar-refractivity contribution in [3.63, 3.8) is 0 Å². The largest absolute Gasteiger partial charge is 0.363 e. The molecule has 0 amide bonds. The van der Waals surface area contributed by atoms with Crippen molar-refractivity contribution in [1.82, 2.24) is 0 Å². The summed E-state index contributed by atoms with van der Waals surface area (Å²) in [5, 5.41) is 0. The number of rotatable bonds is 0. The van der Waals surface area contributed by atoms with Crippen molar-refractivity contribution < 1.29 is 14.3 Å². The highest BCUT2D eigenvalue weighted by Crippen LogP contribution is 2.46. The highest BCUT2D eigenvalue weighted by molar-refractivity contribution is 5.88. The molecule has 0 aliphatic carbocycles. The number of nitrogens with zero attached hydrogens (tertiary/aromatic N) is 1. The van der Waals surface area contributed by atoms with E-state index in [1.807, 2.05) is 0 Å². The molecule has 0 aromatic heterocycles. The minimum atomic E-state index is -0.609. The Labute approximate surface area is 117 Å². The third-order valence-corrected chi connectivity index (χ3v) is 5.07. The average Bonchev–Trinajstić information content (AvgIpc) is 3.08. The smallest absolute Gasteiger partial charge is 0.218 e. The van der Waals surface area contributed by atoms with Gasteiger partial charge in [0, 0.05) is 24.1 Å². The normalized spacial score (nSPS) is 40.5. The number of para-hydroxylation sites is 1. The molecule has 0 saturated carbocycles. The van der Waals surface area contributed by atoms with Crippen LogP contribution in [0.5, 0.6) is 0 Å². The van der Waals surface area contributed by atoms with Crippen LogP contribution in [0, 0.1) is 11.8 Å². The molecule has 4 aliphatic rings. The summed E-state index contributed by atoms with van der Waals surface area (Å²) in [5.41, 5.74) is 2.47. The highest BCUT2D eigenvalue weighted by atomic mass is 16.7. The number of benzene rings is 1. The van der Waals surface area contributed by atoms with E-state index in [1.165, 1.54) is 11.3 Å². The predicted molar refractivity (Wildman–Crippen MR) is 73.2 cm³/mol. The molecule has 20 heavy (non-hydrogen) atoms. The number of ketones is 1. The van der Waals surface area contributed by atoms with Crippen LogP contribution >= 0.6 is 0 Å². The van der Waals surface area contributed by atoms with Crippen LogP contribution in [0.1, 0.15) is 5.56 Å². The summed E-state index contributed by atoms with van der Waals surface area (Å²) in [6.07, 6.45) is 3.85. The van der Waals surface area contributed by atoms with E-state index in [0.717, 1.165) is 6.54 Å². The molecule has 0 N–H and O–H groups in total. The Morgan fingerprint density at radius 2 is 2.15 bits per heavy atom. The van der Waals surface area contributed by atoms with E-state index in [1.54, 1.807) is 0 Å². The summed E-state index contributed by atoms with van der Waals surface area (Å²) in [6.45, 7) is 1.34. The first-order valence-electron chi connectivity index (χ1n) is 7.17. The Morgan fingerprint density at radius 3 is 3.10 bits per heavy atom. The van der Waals surface area contributed by atoms with Gasteiger partial charge in [-0.05, 0) is 11.6 Å². The number of Topliss-reactive ketones (excluding diaryl/α,β-unsaturated/α-hetero) is 1. The quantitative estimate of drug-likeness (QED) is 0.715. The number of fused-ring (bicyclic) bond motifs is 8. The second-order valence-corrected chi connectivity index (χ2v) is 5.99. The number of hydrogen-bond donors (Lipinski definition) is 0. The van der Waals surface area contributed by atoms with E-state index in [9.17, 15) is 4.79 Å². The van der Waals surface area contributed by atoms with Gasteiger partial charge in [0.05, 0.1) is 18.8 Å². The minimum Gasteiger partial charge on any atom is -0.363 e. The zero-order valence-electron chi connectivity index (χ0n) is 10.9. The molecule has 1 aromatic carbocycles. The van der Waals surface area contributed by atoms with Crippen molar-refractivity contribution in [2.75, 3.05) is 18.1 Å². The van der Waals surface area contributed by atoms with Crippen LogP contribution in [-0.2, 0) is 14.3 Å². The fraction of sp³-hybridized carbons (Fsp3) is 0.438. The lowest BCUT2D eigenvalue weighted by molar-refractivity contribution is -0.162. The van der Waals surface area contributed by atoms with Crippen LogP contribution in [0.25, 0.3) is 6.08 Å². The van der Waals surface area contributed by atoms with E-state index in [4.69, 9.17) is 9.47 Å². The molecule has 4 heteroatoms. The maximum Gasteiger partial charge on any atom is 0.218 e. The first-order valence-corrected chi connectivity index (χ1v) is 7.17. The molecule has 3 fully saturated rings. The standard InChI is InChI=1S/C16H15NO3/c18-15-10-7-17-11-4-2-1-3-9(11)5-6-12(17)14(10)13-8-19-16(15)20-13/h1-6,10,12-14,16H,7-8H2/t10-,12+,13-,14-,16+/m0/s1. The lowest BCUT2D eigenvalue weighted by Crippen LogP contribution is -2.45. The molecule has 1 aromatic rings. The van der Waals surface area contributed by atoms with Crippen LogP contribution in [0.4, 0.5) is 5.69 Å². The van der Waals surface area contributed by atoms with Crippen LogP contribution in [0.15, 0.2) is 30.3 Å². The zero-order valence-corrected chi connectivity index (χ0v) is 10.9. The van der Waals surface area contributed by atoms with Gasteiger partial charge in [0.15, 0.2) is 5.78 Å². The molecule has 5 atom stereocenters. The Morgan fingerprint density at radius 1 is 1.25 bits per heavy atom. The Hall–Kier alpha value is -1.65. The summed E-state index contributed by atoms with van der Waals surface area (Å²) < 4.78 is 11.2. The Bertz CT molecular complexity index is 626. The molecule has 4 aliphatic heterocycles. The monoisotopic (exact) mass is 269 g/mol. The third kappa shape index (κ3) is 1.26. The summed E-state index contributed by atoms with van der Waals surface area (Å²) >= 11 is 0. The van der Waals surface area contributed by atoms with Crippen LogP contribution in [-0.4, -0.2) is 37.4 Å². The van der Waals surface area contributed by atoms with E-state index in [0.29, 0.717) is 6.61 Å². The number of carbonyl (C=O) groups excluding carboxylic acids is 1. The SMILES string of the molecule is O=C1[C@@H]2OC[C@H](O2)[C@H]2[C@@H]1CN1c3ccccc3C=C[C@H]21. The fourth-order valence-corrected chi connectivity index (χ4v) is 4.19. The van der Waals surface area contributed by atoms with E-state index in [-0.39, 0.29) is 29.8 Å². The van der Waals surface area contributed by atoms with Gasteiger partial charge >= 0.3 is 0 Å². The van der Waals surface area contributed by atoms with Gasteiger partial charge in [-0.2, -0.15) is 0 Å². The topological polar surface area (TPSA) is 38.8 Å². The van der Waals surface area contributed by atoms with Gasteiger partial charge in [0.25, 0.3) is 0 Å². The van der Waals surface area contributed by atoms with Crippen molar-refractivity contribution in [2.24, 2.45) is 11.8 Å². The van der Waals surface area contributed by atoms with Gasteiger partial charge in [-0.25, -0.2) is 0 Å². The van der Waals surface area contributed by atoms with Gasteiger partial charge in [0.2, 0.25) is 6.29 Å². The molecule has 3 saturated heterocycles. The zero-order chi connectivity index (χ0) is 13.3. The Balaban J connectivity index is 1.60. The number of anilines is 1. The molecule has 4 heterocycles. The lowest BCUT2D eigenvalue weighted by atomic mass is 9.81. The number of carbonyl (C=O) groups is 1. The number of hydrogen-bond acceptors (Lipinski definition) is 4. The molecule has 0 unspecified atom stereocenters. The number of ether oxygens (including phenoxy) is 2. The minimum absolute atomic E-state index is 0.0436. The first kappa shape index (κ1) is 11.1. The van der Waals surface area contributed by atoms with Gasteiger partial charge in [-0.3, -0.25) is 4.79 Å². The summed E-state index contributed by atoms with van der Waals surface area (Å²) in [7, 11) is 0. The first-order chi connectivity index (χ1) is 9.83. The average molecular weight is 269 g/mol. The van der Waals surface area contributed by atoms with Gasteiger partial charge in [-0.1, -0.05) is 30.4 Å². The van der Waals surface area contributed by atoms with Crippen molar-refractivity contribution in [3.8, 4) is 0 Å². The molecule has 102 valence electrons. The summed E-state index contributed by atoms with van der Waals surface area (Å²) in [4.78, 5) is 14.8. The van der Waals surface area contributed by atoms with Gasteiger partial charge < -0.3 is 14.4 Å². The van der Waals surface area contributed by atoms with Crippen LogP contribution < -0.4 is 4.90 Å². The Kier molecular flexibility index (Phi) is 2.05.